The molecular weight excluding hydrogens is 202 g/mol. The highest BCUT2D eigenvalue weighted by Gasteiger charge is 2.29. The number of nitrogens with zero attached hydrogens (tertiary/aromatic N) is 1. The van der Waals surface area contributed by atoms with Crippen LogP contribution in [0.5, 0.6) is 0 Å². The van der Waals surface area contributed by atoms with E-state index < -0.39 is 23.0 Å². The van der Waals surface area contributed by atoms with Gasteiger partial charge in [0, 0.05) is 12.4 Å². The Kier molecular flexibility index (Phi) is 4.64. The summed E-state index contributed by atoms with van der Waals surface area (Å²) < 4.78 is -0.401. The number of aliphatic hydroxyl groups excluding tert-OH is 1. The van der Waals surface area contributed by atoms with Crippen LogP contribution in [0.2, 0.25) is 0 Å². The molecule has 1 unspecified atom stereocenters. The van der Waals surface area contributed by atoms with Crippen LogP contribution in [0, 0.1) is 0 Å². The van der Waals surface area contributed by atoms with Gasteiger partial charge in [0.25, 0.3) is 0 Å². The van der Waals surface area contributed by atoms with Crippen molar-refractivity contribution in [1.82, 2.24) is 0 Å². The highest BCUT2D eigenvalue weighted by Crippen LogP contribution is 2.14. The van der Waals surface area contributed by atoms with Gasteiger partial charge in [-0.15, -0.1) is 0 Å². The molecule has 0 heterocycles. The van der Waals surface area contributed by atoms with Gasteiger partial charge in [-0.2, -0.15) is 0 Å². The number of hydrogen-bond donors (Lipinski definition) is 1. The third-order valence-electron chi connectivity index (χ3n) is 1.78. The minimum Gasteiger partial charge on any atom is -0.550 e. The monoisotopic (exact) mass is 213 g/mol. The van der Waals surface area contributed by atoms with Crippen LogP contribution in [0.25, 0.3) is 0 Å². The van der Waals surface area contributed by atoms with E-state index >= 15 is 0 Å². The first kappa shape index (κ1) is 13.3. The molecule has 0 rings (SSSR count). The molecule has 0 saturated carbocycles. The molecule has 0 aliphatic heterocycles. The third-order valence-corrected chi connectivity index (χ3v) is 1.78. The van der Waals surface area contributed by atoms with Crippen molar-refractivity contribution >= 4 is 17.9 Å². The van der Waals surface area contributed by atoms with Crippen molar-refractivity contribution in [2.45, 2.75) is 12.5 Å². The SMILES string of the molecule is C[N+](C)(C=C=O)C(=C=O)C(O)CC(=O)[O-]. The van der Waals surface area contributed by atoms with Gasteiger partial charge in [-0.25, -0.2) is 9.59 Å². The van der Waals surface area contributed by atoms with Gasteiger partial charge in [-0.1, -0.05) is 0 Å². The van der Waals surface area contributed by atoms with Crippen molar-refractivity contribution in [2.24, 2.45) is 0 Å². The van der Waals surface area contributed by atoms with Crippen LogP contribution in [-0.4, -0.2) is 47.6 Å². The Hall–Kier alpha value is -1.71. The minimum atomic E-state index is -1.54. The summed E-state index contributed by atoms with van der Waals surface area (Å²) in [4.78, 5) is 30.9. The van der Waals surface area contributed by atoms with Gasteiger partial charge >= 0.3 is 0 Å². The largest absolute Gasteiger partial charge is 0.550 e. The van der Waals surface area contributed by atoms with Crippen LogP contribution < -0.4 is 5.11 Å². The molecule has 0 saturated heterocycles. The van der Waals surface area contributed by atoms with E-state index in [0.717, 1.165) is 6.20 Å². The fraction of sp³-hybridized carbons (Fsp3) is 0.444. The zero-order chi connectivity index (χ0) is 12.1. The van der Waals surface area contributed by atoms with Gasteiger partial charge in [0.15, 0.2) is 18.1 Å². The number of hydrogen-bond acceptors (Lipinski definition) is 5. The molecule has 0 bridgehead atoms. The Morgan fingerprint density at radius 2 is 2.07 bits per heavy atom. The van der Waals surface area contributed by atoms with E-state index in [4.69, 9.17) is 0 Å². The molecule has 0 aromatic heterocycles. The molecule has 82 valence electrons. The number of aliphatic hydroxyl groups is 1. The van der Waals surface area contributed by atoms with E-state index in [-0.39, 0.29) is 5.70 Å². The highest BCUT2D eigenvalue weighted by molar-refractivity contribution is 5.66. The molecule has 0 aliphatic carbocycles. The maximum absolute atomic E-state index is 10.5. The zero-order valence-corrected chi connectivity index (χ0v) is 8.39. The van der Waals surface area contributed by atoms with Crippen LogP contribution in [0.3, 0.4) is 0 Å². The van der Waals surface area contributed by atoms with Gasteiger partial charge < -0.3 is 15.0 Å². The molecule has 0 aromatic rings. The summed E-state index contributed by atoms with van der Waals surface area (Å²) >= 11 is 0. The lowest BCUT2D eigenvalue weighted by atomic mass is 10.1. The smallest absolute Gasteiger partial charge is 0.227 e. The van der Waals surface area contributed by atoms with Gasteiger partial charge in [-0.05, 0) is 0 Å². The summed E-state index contributed by atoms with van der Waals surface area (Å²) in [6, 6.07) is 0. The lowest BCUT2D eigenvalue weighted by molar-refractivity contribution is -0.799. The molecule has 0 spiro atoms. The summed E-state index contributed by atoms with van der Waals surface area (Å²) in [5, 5.41) is 19.6. The van der Waals surface area contributed by atoms with E-state index in [9.17, 15) is 24.6 Å². The summed E-state index contributed by atoms with van der Waals surface area (Å²) in [7, 11) is 2.81. The molecule has 0 aliphatic rings. The van der Waals surface area contributed by atoms with E-state index in [0.29, 0.717) is 0 Å². The van der Waals surface area contributed by atoms with E-state index in [1.165, 1.54) is 26.0 Å². The second kappa shape index (κ2) is 5.24. The van der Waals surface area contributed by atoms with Gasteiger partial charge in [0.05, 0.1) is 14.1 Å². The first-order valence-corrected chi connectivity index (χ1v) is 4.04. The molecule has 1 atom stereocenters. The summed E-state index contributed by atoms with van der Waals surface area (Å²) in [5.41, 5.74) is -0.275. The summed E-state index contributed by atoms with van der Waals surface area (Å²) in [6.07, 6.45) is -1.30. The number of carboxylic acid groups (broad SMARTS) is 1. The lowest BCUT2D eigenvalue weighted by Gasteiger charge is -2.25. The third kappa shape index (κ3) is 3.89. The van der Waals surface area contributed by atoms with Crippen molar-refractivity contribution in [3.05, 3.63) is 11.9 Å². The van der Waals surface area contributed by atoms with Crippen LogP contribution in [0.4, 0.5) is 0 Å². The zero-order valence-electron chi connectivity index (χ0n) is 8.39. The molecular formula is C9H11NO5. The lowest BCUT2D eigenvalue weighted by Crippen LogP contribution is -2.41. The number of carbonyl (C=O) groups is 1. The standard InChI is InChI=1S/C9H11NO5/c1-10(2,3-4-11)7(6-12)8(13)5-9(14)15/h3,8,13H,5H2,1-2H3. The number of quaternary nitrogens is 1. The topological polar surface area (TPSA) is 94.5 Å². The van der Waals surface area contributed by atoms with Crippen molar-refractivity contribution in [3.63, 3.8) is 0 Å². The van der Waals surface area contributed by atoms with Crippen molar-refractivity contribution < 1.29 is 29.1 Å². The van der Waals surface area contributed by atoms with Crippen molar-refractivity contribution in [1.29, 1.82) is 0 Å². The quantitative estimate of drug-likeness (QED) is 0.406. The number of aliphatic carboxylic acids is 1. The normalized spacial score (nSPS) is 12.2. The van der Waals surface area contributed by atoms with Crippen molar-refractivity contribution in [2.75, 3.05) is 14.1 Å². The Balaban J connectivity index is 5.01. The second-order valence-electron chi connectivity index (χ2n) is 3.37. The first-order valence-electron chi connectivity index (χ1n) is 4.04. The fourth-order valence-electron chi connectivity index (χ4n) is 1.03. The van der Waals surface area contributed by atoms with Crippen LogP contribution in [0.15, 0.2) is 11.9 Å². The Bertz CT molecular complexity index is 348. The number of carboxylic acids is 1. The predicted molar refractivity (Wildman–Crippen MR) is 47.2 cm³/mol. The van der Waals surface area contributed by atoms with E-state index in [1.807, 2.05) is 0 Å². The second-order valence-corrected chi connectivity index (χ2v) is 3.37. The predicted octanol–water partition coefficient (Wildman–Crippen LogP) is -2.38. The van der Waals surface area contributed by atoms with Crippen LogP contribution >= 0.6 is 0 Å². The maximum atomic E-state index is 10.5. The molecule has 6 nitrogen and oxygen atoms in total. The van der Waals surface area contributed by atoms with Gasteiger partial charge in [0.2, 0.25) is 5.70 Å². The maximum Gasteiger partial charge on any atom is 0.227 e. The summed E-state index contributed by atoms with van der Waals surface area (Å²) in [6.45, 7) is 0. The molecule has 0 fully saturated rings. The van der Waals surface area contributed by atoms with E-state index in [2.05, 4.69) is 0 Å². The molecule has 15 heavy (non-hydrogen) atoms. The van der Waals surface area contributed by atoms with Gasteiger partial charge in [0.1, 0.15) is 6.10 Å². The Morgan fingerprint density at radius 1 is 1.53 bits per heavy atom. The molecule has 1 N–H and O–H groups in total. The van der Waals surface area contributed by atoms with Gasteiger partial charge in [-0.3, -0.25) is 4.48 Å². The molecule has 0 amide bonds. The molecule has 6 heteroatoms. The summed E-state index contributed by atoms with van der Waals surface area (Å²) in [5.74, 6) is 1.38. The molecule has 0 radical (unpaired) electrons. The molecule has 0 aromatic carbocycles. The Morgan fingerprint density at radius 3 is 2.40 bits per heavy atom. The number of likely N-dealkylation sites (N-methyl/N-ethyl adjacent to an activating group) is 1. The number of carbonyl (C=O) groups excluding carboxylic acids is 3. The number of rotatable bonds is 5. The highest BCUT2D eigenvalue weighted by atomic mass is 16.4. The average molecular weight is 213 g/mol. The van der Waals surface area contributed by atoms with Crippen molar-refractivity contribution in [3.8, 4) is 0 Å². The van der Waals surface area contributed by atoms with Crippen LogP contribution in [0.1, 0.15) is 6.42 Å². The van der Waals surface area contributed by atoms with E-state index in [1.54, 1.807) is 0 Å². The average Bonchev–Trinajstić information content (AvgIpc) is 2.02. The Labute approximate surface area is 86.3 Å². The minimum absolute atomic E-state index is 0.275. The first-order chi connectivity index (χ1) is 6.85. The van der Waals surface area contributed by atoms with Crippen LogP contribution in [-0.2, 0) is 14.4 Å². The fourth-order valence-corrected chi connectivity index (χ4v) is 1.03.